The van der Waals surface area contributed by atoms with Gasteiger partial charge < -0.3 is 9.64 Å². The molecule has 0 bridgehead atoms. The number of benzene rings is 2. The molecule has 2 heterocycles. The van der Waals surface area contributed by atoms with Gasteiger partial charge in [-0.2, -0.15) is 4.31 Å². The number of thiophene rings is 1. The van der Waals surface area contributed by atoms with E-state index in [4.69, 9.17) is 4.74 Å². The van der Waals surface area contributed by atoms with Gasteiger partial charge in [-0.25, -0.2) is 8.42 Å². The maximum Gasteiger partial charge on any atom is 0.243 e. The van der Waals surface area contributed by atoms with Gasteiger partial charge in [-0.1, -0.05) is 35.4 Å². The molecule has 3 aromatic rings. The summed E-state index contributed by atoms with van der Waals surface area (Å²) in [5.74, 6) is 0.900. The highest BCUT2D eigenvalue weighted by Gasteiger charge is 2.37. The Kier molecular flexibility index (Phi) is 7.19. The first-order valence-electron chi connectivity index (χ1n) is 12.4. The molecule has 2 aliphatic rings. The smallest absolute Gasteiger partial charge is 0.243 e. The SMILES string of the molecule is Cc1ccc(OC[C@@H]2c3ccsc3CCN2C(=O)CN(CC2CC2)S(=O)(=O)c2ccc(C)cc2)cc1. The van der Waals surface area contributed by atoms with Gasteiger partial charge in [0.25, 0.3) is 0 Å². The highest BCUT2D eigenvalue weighted by Crippen LogP contribution is 2.35. The maximum atomic E-state index is 13.7. The van der Waals surface area contributed by atoms with Gasteiger partial charge in [0.2, 0.25) is 15.9 Å². The third kappa shape index (κ3) is 5.51. The standard InChI is InChI=1S/C28H32N2O4S2/c1-20-3-9-23(10-4-20)34-19-26-25-14-16-35-27(25)13-15-30(26)28(31)18-29(17-22-7-8-22)36(32,33)24-11-5-21(2)6-12-24/h3-6,9-12,14,16,22,26H,7-8,13,15,17-19H2,1-2H3/t26-/m1/s1. The Balaban J connectivity index is 1.37. The number of fused-ring (bicyclic) bond motifs is 1. The molecule has 1 atom stereocenters. The first-order chi connectivity index (χ1) is 17.3. The highest BCUT2D eigenvalue weighted by atomic mass is 32.2. The second-order valence-electron chi connectivity index (χ2n) is 9.83. The van der Waals surface area contributed by atoms with E-state index in [1.54, 1.807) is 35.6 Å². The van der Waals surface area contributed by atoms with Crippen LogP contribution in [0.25, 0.3) is 0 Å². The van der Waals surface area contributed by atoms with Crippen molar-refractivity contribution in [3.8, 4) is 5.75 Å². The van der Waals surface area contributed by atoms with Crippen LogP contribution in [-0.4, -0.2) is 49.8 Å². The van der Waals surface area contributed by atoms with E-state index in [-0.39, 0.29) is 23.4 Å². The Morgan fingerprint density at radius 3 is 2.36 bits per heavy atom. The number of hydrogen-bond donors (Lipinski definition) is 0. The zero-order chi connectivity index (χ0) is 25.3. The topological polar surface area (TPSA) is 66.9 Å². The van der Waals surface area contributed by atoms with Gasteiger partial charge in [0.05, 0.1) is 17.5 Å². The number of sulfonamides is 1. The Bertz CT molecular complexity index is 1310. The lowest BCUT2D eigenvalue weighted by atomic mass is 10.0. The number of aryl methyl sites for hydroxylation is 2. The minimum Gasteiger partial charge on any atom is -0.491 e. The Morgan fingerprint density at radius 1 is 1.03 bits per heavy atom. The van der Waals surface area contributed by atoms with E-state index in [2.05, 4.69) is 11.4 Å². The monoisotopic (exact) mass is 524 g/mol. The lowest BCUT2D eigenvalue weighted by Gasteiger charge is -2.37. The Morgan fingerprint density at radius 2 is 1.69 bits per heavy atom. The zero-order valence-electron chi connectivity index (χ0n) is 20.7. The molecule has 5 rings (SSSR count). The molecule has 6 nitrogen and oxygen atoms in total. The Hall–Kier alpha value is -2.68. The molecule has 0 radical (unpaired) electrons. The van der Waals surface area contributed by atoms with E-state index in [0.29, 0.717) is 25.6 Å². The average Bonchev–Trinajstić information content (AvgIpc) is 3.55. The zero-order valence-corrected chi connectivity index (χ0v) is 22.4. The summed E-state index contributed by atoms with van der Waals surface area (Å²) in [6.45, 7) is 5.05. The first kappa shape index (κ1) is 25.0. The van der Waals surface area contributed by atoms with Crippen LogP contribution in [0.3, 0.4) is 0 Å². The summed E-state index contributed by atoms with van der Waals surface area (Å²) in [6, 6.07) is 16.5. The van der Waals surface area contributed by atoms with E-state index in [1.807, 2.05) is 43.0 Å². The fraction of sp³-hybridized carbons (Fsp3) is 0.393. The third-order valence-corrected chi connectivity index (χ3v) is 9.80. The second kappa shape index (κ2) is 10.4. The van der Waals surface area contributed by atoms with Crippen LogP contribution in [0.2, 0.25) is 0 Å². The summed E-state index contributed by atoms with van der Waals surface area (Å²) in [5, 5.41) is 2.05. The molecular weight excluding hydrogens is 492 g/mol. The van der Waals surface area contributed by atoms with Gasteiger partial charge in [0.15, 0.2) is 0 Å². The van der Waals surface area contributed by atoms with Gasteiger partial charge in [0, 0.05) is 18.0 Å². The molecular formula is C28H32N2O4S2. The predicted octanol–water partition coefficient (Wildman–Crippen LogP) is 4.97. The molecule has 8 heteroatoms. The van der Waals surface area contributed by atoms with Crippen LogP contribution in [0.5, 0.6) is 5.75 Å². The van der Waals surface area contributed by atoms with Crippen LogP contribution in [0.1, 0.15) is 40.5 Å². The average molecular weight is 525 g/mol. The molecule has 0 saturated heterocycles. The molecule has 190 valence electrons. The summed E-state index contributed by atoms with van der Waals surface area (Å²) >= 11 is 1.70. The van der Waals surface area contributed by atoms with E-state index >= 15 is 0 Å². The maximum absolute atomic E-state index is 13.7. The highest BCUT2D eigenvalue weighted by molar-refractivity contribution is 7.89. The van der Waals surface area contributed by atoms with Gasteiger partial charge in [-0.05, 0) is 80.3 Å². The number of hydrogen-bond acceptors (Lipinski definition) is 5. The molecule has 1 aliphatic carbocycles. The summed E-state index contributed by atoms with van der Waals surface area (Å²) < 4.78 is 34.6. The molecule has 1 aliphatic heterocycles. The number of carbonyl (C=O) groups is 1. The third-order valence-electron chi connectivity index (χ3n) is 6.97. The number of rotatable bonds is 9. The van der Waals surface area contributed by atoms with Crippen molar-refractivity contribution >= 4 is 27.3 Å². The van der Waals surface area contributed by atoms with Gasteiger partial charge in [-0.15, -0.1) is 11.3 Å². The Labute approximate surface area is 217 Å². The van der Waals surface area contributed by atoms with Crippen molar-refractivity contribution in [2.75, 3.05) is 26.2 Å². The molecule has 36 heavy (non-hydrogen) atoms. The van der Waals surface area contributed by atoms with Crippen molar-refractivity contribution in [1.29, 1.82) is 0 Å². The molecule has 0 unspecified atom stereocenters. The van der Waals surface area contributed by atoms with Crippen LogP contribution in [0.15, 0.2) is 64.9 Å². The van der Waals surface area contributed by atoms with Crippen LogP contribution in [0, 0.1) is 19.8 Å². The molecule has 1 amide bonds. The summed E-state index contributed by atoms with van der Waals surface area (Å²) in [5.41, 5.74) is 3.25. The lowest BCUT2D eigenvalue weighted by Crippen LogP contribution is -2.48. The van der Waals surface area contributed by atoms with Crippen molar-refractivity contribution in [1.82, 2.24) is 9.21 Å². The minimum absolute atomic E-state index is 0.160. The molecule has 1 saturated carbocycles. The molecule has 2 aromatic carbocycles. The fourth-order valence-corrected chi connectivity index (χ4v) is 7.02. The molecule has 0 spiro atoms. The minimum atomic E-state index is -3.78. The van der Waals surface area contributed by atoms with Gasteiger partial charge >= 0.3 is 0 Å². The molecule has 0 N–H and O–H groups in total. The van der Waals surface area contributed by atoms with Crippen LogP contribution in [-0.2, 0) is 21.2 Å². The lowest BCUT2D eigenvalue weighted by molar-refractivity contribution is -0.135. The number of carbonyl (C=O) groups excluding carboxylic acids is 1. The van der Waals surface area contributed by atoms with Crippen molar-refractivity contribution < 1.29 is 17.9 Å². The number of nitrogens with zero attached hydrogens (tertiary/aromatic N) is 2. The van der Waals surface area contributed by atoms with Crippen molar-refractivity contribution in [2.45, 2.75) is 44.0 Å². The van der Waals surface area contributed by atoms with Crippen molar-refractivity contribution in [3.05, 3.63) is 81.5 Å². The van der Waals surface area contributed by atoms with Gasteiger partial charge in [-0.3, -0.25) is 4.79 Å². The van der Waals surface area contributed by atoms with Crippen LogP contribution < -0.4 is 4.74 Å². The predicted molar refractivity (Wildman–Crippen MR) is 142 cm³/mol. The number of amides is 1. The first-order valence-corrected chi connectivity index (χ1v) is 14.8. The quantitative estimate of drug-likeness (QED) is 0.396. The van der Waals surface area contributed by atoms with E-state index in [1.165, 1.54) is 9.18 Å². The van der Waals surface area contributed by atoms with E-state index < -0.39 is 10.0 Å². The summed E-state index contributed by atoms with van der Waals surface area (Å²) in [4.78, 5) is 17.0. The van der Waals surface area contributed by atoms with Crippen molar-refractivity contribution in [2.24, 2.45) is 5.92 Å². The fourth-order valence-electron chi connectivity index (χ4n) is 4.62. The normalized spacial score (nSPS) is 17.8. The van der Waals surface area contributed by atoms with Crippen LogP contribution >= 0.6 is 11.3 Å². The largest absolute Gasteiger partial charge is 0.491 e. The van der Waals surface area contributed by atoms with Crippen LogP contribution in [0.4, 0.5) is 0 Å². The molecule has 1 aromatic heterocycles. The van der Waals surface area contributed by atoms with E-state index in [9.17, 15) is 13.2 Å². The van der Waals surface area contributed by atoms with Gasteiger partial charge in [0.1, 0.15) is 12.4 Å². The summed E-state index contributed by atoms with van der Waals surface area (Å²) in [7, 11) is -3.78. The number of ether oxygens (including phenoxy) is 1. The summed E-state index contributed by atoms with van der Waals surface area (Å²) in [6.07, 6.45) is 2.78. The van der Waals surface area contributed by atoms with Crippen molar-refractivity contribution in [3.63, 3.8) is 0 Å². The second-order valence-corrected chi connectivity index (χ2v) is 12.8. The van der Waals surface area contributed by atoms with E-state index in [0.717, 1.165) is 41.7 Å². The molecule has 1 fully saturated rings.